The Kier molecular flexibility index (Phi) is 4.28. The van der Waals surface area contributed by atoms with E-state index in [0.717, 1.165) is 12.2 Å². The molecule has 2 aromatic rings. The molecule has 4 nitrogen and oxygen atoms in total. The fourth-order valence-corrected chi connectivity index (χ4v) is 6.40. The number of aryl methyl sites for hydroxylation is 1. The summed E-state index contributed by atoms with van der Waals surface area (Å²) in [6, 6.07) is 16.2. The molecule has 158 valence electrons. The number of hydrogen-bond acceptors (Lipinski definition) is 4. The van der Waals surface area contributed by atoms with E-state index in [-0.39, 0.29) is 0 Å². The van der Waals surface area contributed by atoms with Crippen molar-refractivity contribution in [1.82, 2.24) is 4.90 Å². The monoisotopic (exact) mass is 403 g/mol. The molecule has 2 unspecified atom stereocenters. The highest BCUT2D eigenvalue weighted by atomic mass is 16.5. The summed E-state index contributed by atoms with van der Waals surface area (Å²) in [5.74, 6) is 1.70. The van der Waals surface area contributed by atoms with E-state index < -0.39 is 0 Å². The van der Waals surface area contributed by atoms with E-state index in [2.05, 4.69) is 64.2 Å². The molecule has 0 N–H and O–H groups in total. The molecule has 0 radical (unpaired) electrons. The van der Waals surface area contributed by atoms with Gasteiger partial charge in [-0.15, -0.1) is 0 Å². The summed E-state index contributed by atoms with van der Waals surface area (Å²) in [6.07, 6.45) is 6.30. The lowest BCUT2D eigenvalue weighted by molar-refractivity contribution is 0.190. The number of anilines is 2. The summed E-state index contributed by atoms with van der Waals surface area (Å²) < 4.78 is 5.53. The molecule has 0 bridgehead atoms. The average Bonchev–Trinajstić information content (AvgIpc) is 3.50. The molecular weight excluding hydrogens is 370 g/mol. The number of piperidine rings is 1. The fourth-order valence-electron chi connectivity index (χ4n) is 6.40. The van der Waals surface area contributed by atoms with Gasteiger partial charge in [0.2, 0.25) is 0 Å². The molecule has 30 heavy (non-hydrogen) atoms. The Morgan fingerprint density at radius 2 is 1.97 bits per heavy atom. The molecular formula is C26H33N3O. The number of nitrogens with zero attached hydrogens (tertiary/aromatic N) is 3. The second-order valence-corrected chi connectivity index (χ2v) is 9.80. The van der Waals surface area contributed by atoms with E-state index in [0.29, 0.717) is 17.5 Å². The van der Waals surface area contributed by atoms with Gasteiger partial charge in [0.05, 0.1) is 24.0 Å². The van der Waals surface area contributed by atoms with Crippen LogP contribution in [0.4, 0.5) is 11.4 Å². The summed E-state index contributed by atoms with van der Waals surface area (Å²) in [5.41, 5.74) is 6.40. The van der Waals surface area contributed by atoms with Crippen LogP contribution in [-0.2, 0) is 6.42 Å². The maximum absolute atomic E-state index is 5.53. The van der Waals surface area contributed by atoms with Crippen LogP contribution in [-0.4, -0.2) is 56.8 Å². The number of benzene rings is 2. The van der Waals surface area contributed by atoms with Crippen molar-refractivity contribution in [2.45, 2.75) is 49.6 Å². The van der Waals surface area contributed by atoms with E-state index >= 15 is 0 Å². The van der Waals surface area contributed by atoms with Gasteiger partial charge in [-0.05, 0) is 61.9 Å². The van der Waals surface area contributed by atoms with E-state index in [9.17, 15) is 0 Å². The van der Waals surface area contributed by atoms with Gasteiger partial charge in [-0.3, -0.25) is 0 Å². The molecule has 1 saturated carbocycles. The van der Waals surface area contributed by atoms with Crippen LogP contribution in [0.15, 0.2) is 42.5 Å². The first kappa shape index (κ1) is 18.6. The maximum atomic E-state index is 5.53. The minimum absolute atomic E-state index is 0.423. The average molecular weight is 404 g/mol. The van der Waals surface area contributed by atoms with Gasteiger partial charge < -0.3 is 19.4 Å². The standard InChI is InChI=1S/C26H33N3O/c1-27-23-10-5-9-20-21-17-28(15-6-8-19-7-3-4-11-24(19)30-2)16-12-22(21)29(25(20)23)18-26(27)13-14-26/h3-5,7,9-11,21-22H,6,8,12-18H2,1-2H3. The highest BCUT2D eigenvalue weighted by Gasteiger charge is 2.56. The molecule has 1 aliphatic carbocycles. The minimum Gasteiger partial charge on any atom is -0.496 e. The normalized spacial score (nSPS) is 25.9. The van der Waals surface area contributed by atoms with Crippen LogP contribution in [0.3, 0.4) is 0 Å². The molecule has 4 aliphatic rings. The third-order valence-electron chi connectivity index (χ3n) is 8.27. The highest BCUT2D eigenvalue weighted by molar-refractivity contribution is 5.82. The number of hydrogen-bond donors (Lipinski definition) is 0. The molecule has 2 atom stereocenters. The first-order valence-electron chi connectivity index (χ1n) is 11.7. The molecule has 1 saturated heterocycles. The van der Waals surface area contributed by atoms with Crippen molar-refractivity contribution in [3.8, 4) is 5.75 Å². The van der Waals surface area contributed by atoms with Gasteiger partial charge in [-0.2, -0.15) is 0 Å². The second kappa shape index (κ2) is 6.91. The number of likely N-dealkylation sites (tertiary alicyclic amines) is 1. The number of likely N-dealkylation sites (N-methyl/N-ethyl adjacent to an activating group) is 1. The predicted molar refractivity (Wildman–Crippen MR) is 123 cm³/mol. The first-order chi connectivity index (χ1) is 14.7. The molecule has 4 heteroatoms. The zero-order valence-electron chi connectivity index (χ0n) is 18.3. The summed E-state index contributed by atoms with van der Waals surface area (Å²) in [6.45, 7) is 4.86. The van der Waals surface area contributed by atoms with Crippen LogP contribution in [0.25, 0.3) is 0 Å². The van der Waals surface area contributed by atoms with E-state index in [1.807, 2.05) is 0 Å². The van der Waals surface area contributed by atoms with Crippen LogP contribution in [0.2, 0.25) is 0 Å². The minimum atomic E-state index is 0.423. The van der Waals surface area contributed by atoms with Crippen molar-refractivity contribution < 1.29 is 4.74 Å². The molecule has 1 spiro atoms. The molecule has 2 fully saturated rings. The van der Waals surface area contributed by atoms with Gasteiger partial charge >= 0.3 is 0 Å². The Bertz CT molecular complexity index is 953. The lowest BCUT2D eigenvalue weighted by Gasteiger charge is -2.46. The Morgan fingerprint density at radius 3 is 2.80 bits per heavy atom. The zero-order chi connectivity index (χ0) is 20.3. The van der Waals surface area contributed by atoms with Crippen LogP contribution < -0.4 is 14.5 Å². The van der Waals surface area contributed by atoms with Crippen LogP contribution >= 0.6 is 0 Å². The van der Waals surface area contributed by atoms with Gasteiger partial charge in [0.15, 0.2) is 0 Å². The summed E-state index contributed by atoms with van der Waals surface area (Å²) in [4.78, 5) is 8.13. The Balaban J connectivity index is 1.17. The van der Waals surface area contributed by atoms with Crippen molar-refractivity contribution in [1.29, 1.82) is 0 Å². The van der Waals surface area contributed by atoms with Gasteiger partial charge in [0.1, 0.15) is 5.75 Å². The topological polar surface area (TPSA) is 19.0 Å². The van der Waals surface area contributed by atoms with Crippen molar-refractivity contribution >= 4 is 11.4 Å². The fraction of sp³-hybridized carbons (Fsp3) is 0.538. The van der Waals surface area contributed by atoms with Gasteiger partial charge in [-0.25, -0.2) is 0 Å². The van der Waals surface area contributed by atoms with Crippen LogP contribution in [0.5, 0.6) is 5.75 Å². The number of methoxy groups -OCH3 is 1. The van der Waals surface area contributed by atoms with Crippen molar-refractivity contribution in [2.24, 2.45) is 0 Å². The summed E-state index contributed by atoms with van der Waals surface area (Å²) in [5, 5.41) is 0. The SMILES string of the molecule is COc1ccccc1CCCN1CCC2C(C1)c1cccc3c1N2CC1(CC1)N3C. The first-order valence-corrected chi connectivity index (χ1v) is 11.7. The van der Waals surface area contributed by atoms with Gasteiger partial charge in [-0.1, -0.05) is 30.3 Å². The largest absolute Gasteiger partial charge is 0.496 e. The smallest absolute Gasteiger partial charge is 0.122 e. The van der Waals surface area contributed by atoms with E-state index in [4.69, 9.17) is 4.74 Å². The van der Waals surface area contributed by atoms with Crippen molar-refractivity contribution in [3.63, 3.8) is 0 Å². The van der Waals surface area contributed by atoms with Gasteiger partial charge in [0, 0.05) is 38.6 Å². The molecule has 0 aromatic heterocycles. The molecule has 2 aromatic carbocycles. The number of para-hydroxylation sites is 2. The second-order valence-electron chi connectivity index (χ2n) is 9.80. The molecule has 0 amide bonds. The maximum Gasteiger partial charge on any atom is 0.122 e. The summed E-state index contributed by atoms with van der Waals surface area (Å²) in [7, 11) is 4.10. The lowest BCUT2D eigenvalue weighted by atomic mass is 9.89. The van der Waals surface area contributed by atoms with E-state index in [1.165, 1.54) is 63.1 Å². The number of rotatable bonds is 5. The summed E-state index contributed by atoms with van der Waals surface area (Å²) >= 11 is 0. The Labute approximate surface area is 180 Å². The van der Waals surface area contributed by atoms with Gasteiger partial charge in [0.25, 0.3) is 0 Å². The third-order valence-corrected chi connectivity index (χ3v) is 8.27. The Hall–Kier alpha value is -2.20. The molecule has 3 aliphatic heterocycles. The lowest BCUT2D eigenvalue weighted by Crippen LogP contribution is -2.54. The quantitative estimate of drug-likeness (QED) is 0.741. The zero-order valence-corrected chi connectivity index (χ0v) is 18.3. The highest BCUT2D eigenvalue weighted by Crippen LogP contribution is 2.57. The predicted octanol–water partition coefficient (Wildman–Crippen LogP) is 4.29. The number of ether oxygens (including phenoxy) is 1. The van der Waals surface area contributed by atoms with Crippen molar-refractivity contribution in [3.05, 3.63) is 53.6 Å². The third kappa shape index (κ3) is 2.76. The Morgan fingerprint density at radius 1 is 1.10 bits per heavy atom. The molecule has 3 heterocycles. The molecule has 6 rings (SSSR count). The van der Waals surface area contributed by atoms with E-state index in [1.54, 1.807) is 18.4 Å². The van der Waals surface area contributed by atoms with Crippen LogP contribution in [0.1, 0.15) is 42.7 Å². The van der Waals surface area contributed by atoms with Crippen molar-refractivity contribution in [2.75, 3.05) is 50.1 Å². The number of fused-ring (bicyclic) bond motifs is 3. The van der Waals surface area contributed by atoms with Crippen LogP contribution in [0, 0.1) is 0 Å².